The summed E-state index contributed by atoms with van der Waals surface area (Å²) >= 11 is 5.98. The fourth-order valence-corrected chi connectivity index (χ4v) is 2.70. The largest absolute Gasteiger partial charge is 0.338 e. The van der Waals surface area contributed by atoms with Gasteiger partial charge in [-0.05, 0) is 18.6 Å². The molecule has 0 saturated carbocycles. The van der Waals surface area contributed by atoms with Crippen LogP contribution in [-0.2, 0) is 25.9 Å². The van der Waals surface area contributed by atoms with Crippen LogP contribution < -0.4 is 0 Å². The molecule has 2 heterocycles. The fourth-order valence-electron chi connectivity index (χ4n) is 2.50. The summed E-state index contributed by atoms with van der Waals surface area (Å²) in [7, 11) is 1.97. The van der Waals surface area contributed by atoms with Crippen LogP contribution in [0.2, 0.25) is 0 Å². The Kier molecular flexibility index (Phi) is 3.68. The van der Waals surface area contributed by atoms with Gasteiger partial charge in [-0.3, -0.25) is 0 Å². The molecule has 3 aromatic rings. The molecule has 0 aliphatic heterocycles. The van der Waals surface area contributed by atoms with E-state index in [1.165, 1.54) is 6.07 Å². The van der Waals surface area contributed by atoms with Crippen molar-refractivity contribution in [3.05, 3.63) is 47.6 Å². The van der Waals surface area contributed by atoms with Crippen molar-refractivity contribution in [3.63, 3.8) is 0 Å². The Hall–Kier alpha value is -1.88. The zero-order valence-corrected chi connectivity index (χ0v) is 12.7. The molecule has 4 nitrogen and oxygen atoms in total. The molecule has 0 unspecified atom stereocenters. The SMILES string of the molecule is Cc1cc2c(cc1F)nc(CCl)n2CCc1nccn1C. The molecule has 0 aliphatic carbocycles. The molecule has 0 fully saturated rings. The lowest BCUT2D eigenvalue weighted by molar-refractivity contribution is 0.619. The van der Waals surface area contributed by atoms with Crippen LogP contribution in [0.1, 0.15) is 17.2 Å². The number of fused-ring (bicyclic) bond motifs is 1. The number of hydrogen-bond acceptors (Lipinski definition) is 2. The van der Waals surface area contributed by atoms with Crippen LogP contribution in [0.25, 0.3) is 11.0 Å². The van der Waals surface area contributed by atoms with E-state index in [-0.39, 0.29) is 5.82 Å². The Balaban J connectivity index is 2.00. The highest BCUT2D eigenvalue weighted by Crippen LogP contribution is 2.21. The Morgan fingerprint density at radius 3 is 2.76 bits per heavy atom. The maximum Gasteiger partial charge on any atom is 0.128 e. The number of aryl methyl sites for hydroxylation is 4. The molecule has 0 aliphatic rings. The molecular formula is C15H16ClFN4. The van der Waals surface area contributed by atoms with Crippen LogP contribution >= 0.6 is 11.6 Å². The van der Waals surface area contributed by atoms with Crippen molar-refractivity contribution in [2.45, 2.75) is 25.8 Å². The highest BCUT2D eigenvalue weighted by Gasteiger charge is 2.13. The van der Waals surface area contributed by atoms with Crippen molar-refractivity contribution < 1.29 is 4.39 Å². The number of alkyl halides is 1. The summed E-state index contributed by atoms with van der Waals surface area (Å²) < 4.78 is 17.7. The first-order valence-corrected chi connectivity index (χ1v) is 7.31. The molecule has 0 radical (unpaired) electrons. The van der Waals surface area contributed by atoms with Gasteiger partial charge in [0.15, 0.2) is 0 Å². The van der Waals surface area contributed by atoms with E-state index in [9.17, 15) is 4.39 Å². The Morgan fingerprint density at radius 2 is 2.10 bits per heavy atom. The summed E-state index contributed by atoms with van der Waals surface area (Å²) in [6.07, 6.45) is 4.47. The highest BCUT2D eigenvalue weighted by atomic mass is 35.5. The Labute approximate surface area is 127 Å². The lowest BCUT2D eigenvalue weighted by atomic mass is 10.2. The van der Waals surface area contributed by atoms with Crippen LogP contribution in [-0.4, -0.2) is 19.1 Å². The predicted molar refractivity (Wildman–Crippen MR) is 80.9 cm³/mol. The molecule has 0 atom stereocenters. The van der Waals surface area contributed by atoms with E-state index in [4.69, 9.17) is 11.6 Å². The Bertz CT molecular complexity index is 790. The van der Waals surface area contributed by atoms with Gasteiger partial charge in [0.05, 0.1) is 16.9 Å². The molecule has 0 spiro atoms. The van der Waals surface area contributed by atoms with E-state index >= 15 is 0 Å². The van der Waals surface area contributed by atoms with Gasteiger partial charge >= 0.3 is 0 Å². The zero-order valence-electron chi connectivity index (χ0n) is 12.0. The molecule has 6 heteroatoms. The predicted octanol–water partition coefficient (Wildman–Crippen LogP) is 3.20. The second-order valence-corrected chi connectivity index (χ2v) is 5.38. The minimum absolute atomic E-state index is 0.239. The first-order chi connectivity index (χ1) is 10.1. The van der Waals surface area contributed by atoms with E-state index in [1.54, 1.807) is 13.1 Å². The third-order valence-corrected chi connectivity index (χ3v) is 3.95. The van der Waals surface area contributed by atoms with Crippen LogP contribution in [0, 0.1) is 12.7 Å². The molecule has 0 bridgehead atoms. The van der Waals surface area contributed by atoms with Gasteiger partial charge in [0.25, 0.3) is 0 Å². The lowest BCUT2D eigenvalue weighted by Crippen LogP contribution is -2.08. The first-order valence-electron chi connectivity index (χ1n) is 6.77. The molecule has 0 N–H and O–H groups in total. The van der Waals surface area contributed by atoms with E-state index in [1.807, 2.05) is 28.4 Å². The van der Waals surface area contributed by atoms with Gasteiger partial charge in [-0.2, -0.15) is 0 Å². The number of imidazole rings is 2. The molecule has 110 valence electrons. The topological polar surface area (TPSA) is 35.6 Å². The van der Waals surface area contributed by atoms with Crippen LogP contribution in [0.4, 0.5) is 4.39 Å². The molecule has 21 heavy (non-hydrogen) atoms. The third kappa shape index (κ3) is 2.53. The highest BCUT2D eigenvalue weighted by molar-refractivity contribution is 6.16. The van der Waals surface area contributed by atoms with Crippen molar-refractivity contribution in [2.24, 2.45) is 7.05 Å². The van der Waals surface area contributed by atoms with Gasteiger partial charge in [0.1, 0.15) is 17.5 Å². The van der Waals surface area contributed by atoms with Gasteiger partial charge < -0.3 is 9.13 Å². The van der Waals surface area contributed by atoms with Crippen molar-refractivity contribution in [2.75, 3.05) is 0 Å². The minimum Gasteiger partial charge on any atom is -0.338 e. The molecule has 0 saturated heterocycles. The summed E-state index contributed by atoms with van der Waals surface area (Å²) in [4.78, 5) is 8.74. The summed E-state index contributed by atoms with van der Waals surface area (Å²) in [6, 6.07) is 3.30. The summed E-state index contributed by atoms with van der Waals surface area (Å²) in [5, 5.41) is 0. The molecule has 3 rings (SSSR count). The number of rotatable bonds is 4. The molecule has 1 aromatic carbocycles. The van der Waals surface area contributed by atoms with Gasteiger partial charge in [-0.1, -0.05) is 0 Å². The van der Waals surface area contributed by atoms with Gasteiger partial charge in [0, 0.05) is 38.5 Å². The minimum atomic E-state index is -0.239. The average Bonchev–Trinajstić information content (AvgIpc) is 3.01. The van der Waals surface area contributed by atoms with Crippen LogP contribution in [0.15, 0.2) is 24.5 Å². The van der Waals surface area contributed by atoms with Crippen molar-refractivity contribution in [3.8, 4) is 0 Å². The second-order valence-electron chi connectivity index (χ2n) is 5.11. The van der Waals surface area contributed by atoms with Gasteiger partial charge in [0.2, 0.25) is 0 Å². The average molecular weight is 307 g/mol. The number of benzene rings is 1. The third-order valence-electron chi connectivity index (χ3n) is 3.71. The van der Waals surface area contributed by atoms with E-state index in [0.717, 1.165) is 23.6 Å². The molecular weight excluding hydrogens is 291 g/mol. The summed E-state index contributed by atoms with van der Waals surface area (Å²) in [5.74, 6) is 1.81. The zero-order chi connectivity index (χ0) is 15.0. The standard InChI is InChI=1S/C15H16ClFN4/c1-10-7-13-12(8-11(10)17)19-15(9-16)21(13)5-3-14-18-4-6-20(14)2/h4,6-8H,3,5,9H2,1-2H3. The number of hydrogen-bond donors (Lipinski definition) is 0. The van der Waals surface area contributed by atoms with E-state index in [2.05, 4.69) is 9.97 Å². The number of nitrogens with zero attached hydrogens (tertiary/aromatic N) is 4. The van der Waals surface area contributed by atoms with Crippen molar-refractivity contribution >= 4 is 22.6 Å². The van der Waals surface area contributed by atoms with Crippen LogP contribution in [0.5, 0.6) is 0 Å². The van der Waals surface area contributed by atoms with E-state index in [0.29, 0.717) is 23.5 Å². The maximum absolute atomic E-state index is 13.7. The van der Waals surface area contributed by atoms with Crippen molar-refractivity contribution in [1.29, 1.82) is 0 Å². The van der Waals surface area contributed by atoms with Crippen molar-refractivity contribution in [1.82, 2.24) is 19.1 Å². The maximum atomic E-state index is 13.7. The van der Waals surface area contributed by atoms with Crippen LogP contribution in [0.3, 0.4) is 0 Å². The lowest BCUT2D eigenvalue weighted by Gasteiger charge is -2.08. The fraction of sp³-hybridized carbons (Fsp3) is 0.333. The number of aromatic nitrogens is 4. The first kappa shape index (κ1) is 14.1. The van der Waals surface area contributed by atoms with Gasteiger partial charge in [-0.25, -0.2) is 14.4 Å². The monoisotopic (exact) mass is 306 g/mol. The van der Waals surface area contributed by atoms with Gasteiger partial charge in [-0.15, -0.1) is 11.6 Å². The second kappa shape index (κ2) is 5.48. The molecule has 2 aromatic heterocycles. The normalized spacial score (nSPS) is 11.4. The smallest absolute Gasteiger partial charge is 0.128 e. The van der Waals surface area contributed by atoms with E-state index < -0.39 is 0 Å². The summed E-state index contributed by atoms with van der Waals surface area (Å²) in [5.41, 5.74) is 2.18. The summed E-state index contributed by atoms with van der Waals surface area (Å²) in [6.45, 7) is 2.47. The molecule has 0 amide bonds. The number of halogens is 2. The quantitative estimate of drug-likeness (QED) is 0.694. The Morgan fingerprint density at radius 1 is 1.29 bits per heavy atom.